The Morgan fingerprint density at radius 1 is 1.13 bits per heavy atom. The molecule has 0 aliphatic rings. The fraction of sp³-hybridized carbons (Fsp3) is 0.318. The Balaban J connectivity index is 1.45. The van der Waals surface area contributed by atoms with Crippen LogP contribution in [0.1, 0.15) is 18.7 Å². The van der Waals surface area contributed by atoms with Gasteiger partial charge in [-0.15, -0.1) is 0 Å². The molecule has 0 aliphatic heterocycles. The van der Waals surface area contributed by atoms with Crippen molar-refractivity contribution in [3.8, 4) is 22.9 Å². The highest BCUT2D eigenvalue weighted by Crippen LogP contribution is 2.22. The van der Waals surface area contributed by atoms with E-state index >= 15 is 0 Å². The van der Waals surface area contributed by atoms with Gasteiger partial charge in [0.15, 0.2) is 11.6 Å². The van der Waals surface area contributed by atoms with Crippen molar-refractivity contribution in [1.29, 1.82) is 0 Å². The molecule has 1 N–H and O–H groups in total. The Hall–Kier alpha value is -3.46. The van der Waals surface area contributed by atoms with Gasteiger partial charge in [-0.05, 0) is 42.8 Å². The summed E-state index contributed by atoms with van der Waals surface area (Å²) in [6.07, 6.45) is 1.20. The van der Waals surface area contributed by atoms with Gasteiger partial charge in [-0.25, -0.2) is 4.39 Å². The second kappa shape index (κ2) is 11.1. The van der Waals surface area contributed by atoms with Crippen LogP contribution in [0.15, 0.2) is 47.0 Å². The molecule has 31 heavy (non-hydrogen) atoms. The van der Waals surface area contributed by atoms with Crippen LogP contribution in [0.25, 0.3) is 11.4 Å². The molecular formula is C22H24FN3O5. The number of anilines is 1. The van der Waals surface area contributed by atoms with Crippen LogP contribution < -0.4 is 14.8 Å². The van der Waals surface area contributed by atoms with Gasteiger partial charge in [-0.1, -0.05) is 5.16 Å². The number of hydrogen-bond acceptors (Lipinski definition) is 7. The first-order valence-corrected chi connectivity index (χ1v) is 9.77. The van der Waals surface area contributed by atoms with E-state index in [1.165, 1.54) is 19.2 Å². The molecule has 0 aliphatic carbocycles. The fourth-order valence-corrected chi connectivity index (χ4v) is 2.77. The number of carbonyl (C=O) groups excluding carboxylic acids is 1. The number of ether oxygens (including phenoxy) is 3. The molecular weight excluding hydrogens is 405 g/mol. The molecule has 164 valence electrons. The summed E-state index contributed by atoms with van der Waals surface area (Å²) in [5, 5.41) is 6.63. The molecule has 1 aromatic heterocycles. The molecule has 8 nitrogen and oxygen atoms in total. The number of hydrogen-bond donors (Lipinski definition) is 1. The topological polar surface area (TPSA) is 95.7 Å². The summed E-state index contributed by atoms with van der Waals surface area (Å²) in [6, 6.07) is 11.6. The summed E-state index contributed by atoms with van der Waals surface area (Å²) >= 11 is 0. The van der Waals surface area contributed by atoms with E-state index in [1.807, 2.05) is 24.3 Å². The SMILES string of the molecule is COCCOc1ccc(NC(=O)CCCc2nc(-c3ccc(OC)cc3)no2)cc1F. The van der Waals surface area contributed by atoms with Crippen molar-refractivity contribution in [1.82, 2.24) is 10.1 Å². The summed E-state index contributed by atoms with van der Waals surface area (Å²) in [5.41, 5.74) is 1.17. The number of nitrogens with one attached hydrogen (secondary N) is 1. The fourth-order valence-electron chi connectivity index (χ4n) is 2.77. The number of aromatic nitrogens is 2. The minimum Gasteiger partial charge on any atom is -0.497 e. The van der Waals surface area contributed by atoms with E-state index in [-0.39, 0.29) is 24.7 Å². The number of amides is 1. The lowest BCUT2D eigenvalue weighted by atomic mass is 10.2. The predicted octanol–water partition coefficient (Wildman–Crippen LogP) is 3.87. The van der Waals surface area contributed by atoms with Crippen LogP contribution in [0.2, 0.25) is 0 Å². The van der Waals surface area contributed by atoms with Crippen LogP contribution >= 0.6 is 0 Å². The molecule has 3 rings (SSSR count). The maximum absolute atomic E-state index is 14.0. The van der Waals surface area contributed by atoms with E-state index in [2.05, 4.69) is 15.5 Å². The van der Waals surface area contributed by atoms with Crippen molar-refractivity contribution in [2.75, 3.05) is 32.8 Å². The molecule has 0 atom stereocenters. The van der Waals surface area contributed by atoms with E-state index < -0.39 is 5.82 Å². The van der Waals surface area contributed by atoms with Crippen LogP contribution in [-0.4, -0.2) is 43.5 Å². The standard InChI is InChI=1S/C22H24FN3O5/c1-28-12-13-30-19-11-8-16(14-18(19)23)24-20(27)4-3-5-21-25-22(26-31-21)15-6-9-17(29-2)10-7-15/h6-11,14H,3-5,12-13H2,1-2H3,(H,24,27). The van der Waals surface area contributed by atoms with Crippen LogP contribution in [0.5, 0.6) is 11.5 Å². The summed E-state index contributed by atoms with van der Waals surface area (Å²) < 4.78 is 34.5. The van der Waals surface area contributed by atoms with Crippen molar-refractivity contribution < 1.29 is 27.9 Å². The Bertz CT molecular complexity index is 991. The van der Waals surface area contributed by atoms with Crippen molar-refractivity contribution >= 4 is 11.6 Å². The van der Waals surface area contributed by atoms with Gasteiger partial charge < -0.3 is 24.1 Å². The predicted molar refractivity (Wildman–Crippen MR) is 112 cm³/mol. The molecule has 0 radical (unpaired) electrons. The van der Waals surface area contributed by atoms with Crippen LogP contribution in [0, 0.1) is 5.82 Å². The van der Waals surface area contributed by atoms with Gasteiger partial charge >= 0.3 is 0 Å². The van der Waals surface area contributed by atoms with Gasteiger partial charge in [-0.2, -0.15) is 4.98 Å². The van der Waals surface area contributed by atoms with Gasteiger partial charge in [0.2, 0.25) is 17.6 Å². The summed E-state index contributed by atoms with van der Waals surface area (Å²) in [7, 11) is 3.14. The van der Waals surface area contributed by atoms with E-state index in [9.17, 15) is 9.18 Å². The highest BCUT2D eigenvalue weighted by Gasteiger charge is 2.11. The lowest BCUT2D eigenvalue weighted by molar-refractivity contribution is -0.116. The molecule has 0 saturated heterocycles. The summed E-state index contributed by atoms with van der Waals surface area (Å²) in [6.45, 7) is 0.606. The van der Waals surface area contributed by atoms with Crippen LogP contribution in [0.4, 0.5) is 10.1 Å². The molecule has 0 unspecified atom stereocenters. The zero-order valence-corrected chi connectivity index (χ0v) is 17.4. The highest BCUT2D eigenvalue weighted by molar-refractivity contribution is 5.90. The quantitative estimate of drug-likeness (QED) is 0.462. The Morgan fingerprint density at radius 2 is 1.94 bits per heavy atom. The Kier molecular flexibility index (Phi) is 7.94. The lowest BCUT2D eigenvalue weighted by Crippen LogP contribution is -2.12. The molecule has 1 heterocycles. The average molecular weight is 429 g/mol. The Labute approximate surface area is 179 Å². The number of rotatable bonds is 11. The zero-order valence-electron chi connectivity index (χ0n) is 17.4. The third kappa shape index (κ3) is 6.51. The molecule has 0 spiro atoms. The number of carbonyl (C=O) groups is 1. The number of benzene rings is 2. The molecule has 3 aromatic rings. The normalized spacial score (nSPS) is 10.7. The van der Waals surface area contributed by atoms with Gasteiger partial charge in [0.25, 0.3) is 0 Å². The minimum absolute atomic E-state index is 0.110. The molecule has 0 fully saturated rings. The largest absolute Gasteiger partial charge is 0.497 e. The number of halogens is 1. The maximum atomic E-state index is 14.0. The van der Waals surface area contributed by atoms with Crippen molar-refractivity contribution in [3.05, 3.63) is 54.2 Å². The van der Waals surface area contributed by atoms with E-state index in [1.54, 1.807) is 13.2 Å². The highest BCUT2D eigenvalue weighted by atomic mass is 19.1. The average Bonchev–Trinajstić information content (AvgIpc) is 3.24. The van der Waals surface area contributed by atoms with E-state index in [4.69, 9.17) is 18.7 Å². The first kappa shape index (κ1) is 22.2. The van der Waals surface area contributed by atoms with Gasteiger partial charge in [0, 0.05) is 37.3 Å². The number of nitrogens with zero attached hydrogens (tertiary/aromatic N) is 2. The molecule has 0 bridgehead atoms. The van der Waals surface area contributed by atoms with Crippen molar-refractivity contribution in [2.45, 2.75) is 19.3 Å². The number of aryl methyl sites for hydroxylation is 1. The molecule has 0 saturated carbocycles. The maximum Gasteiger partial charge on any atom is 0.226 e. The lowest BCUT2D eigenvalue weighted by Gasteiger charge is -2.09. The van der Waals surface area contributed by atoms with Crippen molar-refractivity contribution in [2.24, 2.45) is 0 Å². The zero-order chi connectivity index (χ0) is 22.1. The minimum atomic E-state index is -0.550. The smallest absolute Gasteiger partial charge is 0.226 e. The van der Waals surface area contributed by atoms with E-state index in [0.717, 1.165) is 11.3 Å². The van der Waals surface area contributed by atoms with Gasteiger partial charge in [0.05, 0.1) is 13.7 Å². The number of methoxy groups -OCH3 is 2. The Morgan fingerprint density at radius 3 is 2.65 bits per heavy atom. The molecule has 1 amide bonds. The third-order valence-electron chi connectivity index (χ3n) is 4.37. The van der Waals surface area contributed by atoms with Gasteiger partial charge in [-0.3, -0.25) is 4.79 Å². The molecule has 9 heteroatoms. The van der Waals surface area contributed by atoms with Crippen LogP contribution in [-0.2, 0) is 16.0 Å². The first-order valence-electron chi connectivity index (χ1n) is 9.77. The summed E-state index contributed by atoms with van der Waals surface area (Å²) in [4.78, 5) is 16.5. The van der Waals surface area contributed by atoms with Crippen molar-refractivity contribution in [3.63, 3.8) is 0 Å². The summed E-state index contributed by atoms with van der Waals surface area (Å²) in [5.74, 6) is 0.992. The monoisotopic (exact) mass is 429 g/mol. The second-order valence-corrected chi connectivity index (χ2v) is 6.63. The third-order valence-corrected chi connectivity index (χ3v) is 4.37. The second-order valence-electron chi connectivity index (χ2n) is 6.63. The molecule has 2 aromatic carbocycles. The van der Waals surface area contributed by atoms with Crippen LogP contribution in [0.3, 0.4) is 0 Å². The van der Waals surface area contributed by atoms with Gasteiger partial charge in [0.1, 0.15) is 12.4 Å². The first-order chi connectivity index (χ1) is 15.1. The van der Waals surface area contributed by atoms with E-state index in [0.29, 0.717) is 36.9 Å².